The second-order valence-corrected chi connectivity index (χ2v) is 4.73. The lowest BCUT2D eigenvalue weighted by Gasteiger charge is -2.29. The van der Waals surface area contributed by atoms with Gasteiger partial charge >= 0.3 is 0 Å². The van der Waals surface area contributed by atoms with Crippen LogP contribution in [-0.2, 0) is 13.0 Å². The van der Waals surface area contributed by atoms with Crippen LogP contribution in [0.2, 0.25) is 0 Å². The molecule has 1 aliphatic rings. The summed E-state index contributed by atoms with van der Waals surface area (Å²) in [7, 11) is 0. The molecule has 100 valence electrons. The summed E-state index contributed by atoms with van der Waals surface area (Å²) in [5.41, 5.74) is 3.72. The predicted molar refractivity (Wildman–Crippen MR) is 71.6 cm³/mol. The number of rotatable bonds is 4. The summed E-state index contributed by atoms with van der Waals surface area (Å²) in [5.74, 6) is 0. The molecule has 0 saturated carbocycles. The van der Waals surface area contributed by atoms with Crippen molar-refractivity contribution in [3.63, 3.8) is 0 Å². The van der Waals surface area contributed by atoms with Crippen LogP contribution in [0.1, 0.15) is 49.7 Å². The molecule has 18 heavy (non-hydrogen) atoms. The van der Waals surface area contributed by atoms with E-state index in [4.69, 9.17) is 0 Å². The minimum Gasteiger partial charge on any atom is -0.390 e. The lowest BCUT2D eigenvalue weighted by Crippen LogP contribution is -2.26. The molecular weight excluding hydrogens is 228 g/mol. The number of pyridine rings is 1. The Kier molecular flexibility index (Phi) is 4.19. The quantitative estimate of drug-likeness (QED) is 0.855. The number of anilines is 1. The molecule has 4 nitrogen and oxygen atoms in total. The minimum absolute atomic E-state index is 0.0751. The summed E-state index contributed by atoms with van der Waals surface area (Å²) < 4.78 is 0. The molecule has 0 fully saturated rings. The van der Waals surface area contributed by atoms with Gasteiger partial charge in [0.25, 0.3) is 0 Å². The predicted octanol–water partition coefficient (Wildman–Crippen LogP) is 1.79. The number of fused-ring (bicyclic) bond motifs is 1. The molecule has 0 aliphatic heterocycles. The van der Waals surface area contributed by atoms with Gasteiger partial charge in [0.15, 0.2) is 0 Å². The SMILES string of the molecule is CCN(CC)c1cc(CO)nc2c1CCCC2O. The van der Waals surface area contributed by atoms with Gasteiger partial charge in [-0.05, 0) is 44.7 Å². The number of hydrogen-bond acceptors (Lipinski definition) is 4. The lowest BCUT2D eigenvalue weighted by molar-refractivity contribution is 0.150. The second-order valence-electron chi connectivity index (χ2n) is 4.73. The van der Waals surface area contributed by atoms with Crippen molar-refractivity contribution in [1.82, 2.24) is 4.98 Å². The maximum absolute atomic E-state index is 10.1. The van der Waals surface area contributed by atoms with E-state index in [2.05, 4.69) is 23.7 Å². The normalized spacial score (nSPS) is 18.6. The Morgan fingerprint density at radius 2 is 2.11 bits per heavy atom. The lowest BCUT2D eigenvalue weighted by atomic mass is 9.91. The van der Waals surface area contributed by atoms with E-state index in [1.165, 1.54) is 0 Å². The molecule has 1 aliphatic carbocycles. The average Bonchev–Trinajstić information content (AvgIpc) is 2.40. The largest absolute Gasteiger partial charge is 0.390 e. The summed E-state index contributed by atoms with van der Waals surface area (Å²) in [6.45, 7) is 6.01. The summed E-state index contributed by atoms with van der Waals surface area (Å²) in [6.07, 6.45) is 2.26. The Hall–Kier alpha value is -1.13. The molecule has 1 aromatic heterocycles. The van der Waals surface area contributed by atoms with Crippen LogP contribution in [-0.4, -0.2) is 28.3 Å². The van der Waals surface area contributed by atoms with E-state index in [0.29, 0.717) is 5.69 Å². The first-order chi connectivity index (χ1) is 8.71. The minimum atomic E-state index is -0.477. The van der Waals surface area contributed by atoms with Crippen molar-refractivity contribution in [2.45, 2.75) is 45.8 Å². The molecule has 0 spiro atoms. The molecule has 1 aromatic rings. The third-order valence-electron chi connectivity index (χ3n) is 3.67. The van der Waals surface area contributed by atoms with E-state index in [-0.39, 0.29) is 6.61 Å². The van der Waals surface area contributed by atoms with E-state index < -0.39 is 6.10 Å². The molecule has 4 heteroatoms. The summed E-state index contributed by atoms with van der Waals surface area (Å²) >= 11 is 0. The topological polar surface area (TPSA) is 56.6 Å². The van der Waals surface area contributed by atoms with Crippen LogP contribution < -0.4 is 4.90 Å². The first kappa shape index (κ1) is 13.3. The van der Waals surface area contributed by atoms with Crippen molar-refractivity contribution in [2.75, 3.05) is 18.0 Å². The van der Waals surface area contributed by atoms with Gasteiger partial charge in [-0.3, -0.25) is 4.98 Å². The van der Waals surface area contributed by atoms with Crippen molar-refractivity contribution in [2.24, 2.45) is 0 Å². The molecule has 0 bridgehead atoms. The molecule has 1 unspecified atom stereocenters. The number of aliphatic hydroxyl groups is 2. The molecule has 1 heterocycles. The van der Waals surface area contributed by atoms with Crippen molar-refractivity contribution in [1.29, 1.82) is 0 Å². The van der Waals surface area contributed by atoms with Gasteiger partial charge in [0.2, 0.25) is 0 Å². The second kappa shape index (κ2) is 5.67. The van der Waals surface area contributed by atoms with Crippen LogP contribution in [0.5, 0.6) is 0 Å². The molecule has 0 aromatic carbocycles. The maximum atomic E-state index is 10.1. The Bertz CT molecular complexity index is 417. The standard InChI is InChI=1S/C14H22N2O2/c1-3-16(4-2)12-8-10(9-17)15-14-11(12)6-5-7-13(14)18/h8,13,17-18H,3-7,9H2,1-2H3. The Labute approximate surface area is 108 Å². The molecule has 2 rings (SSSR count). The van der Waals surface area contributed by atoms with Gasteiger partial charge in [0.05, 0.1) is 24.1 Å². The Balaban J connectivity index is 2.53. The highest BCUT2D eigenvalue weighted by molar-refractivity contribution is 5.57. The summed E-state index contributed by atoms with van der Waals surface area (Å²) in [4.78, 5) is 6.66. The molecule has 0 saturated heterocycles. The van der Waals surface area contributed by atoms with Gasteiger partial charge in [-0.25, -0.2) is 0 Å². The van der Waals surface area contributed by atoms with Crippen LogP contribution in [0.15, 0.2) is 6.07 Å². The zero-order valence-corrected chi connectivity index (χ0v) is 11.2. The first-order valence-corrected chi connectivity index (χ1v) is 6.77. The van der Waals surface area contributed by atoms with E-state index in [1.54, 1.807) is 0 Å². The van der Waals surface area contributed by atoms with Gasteiger partial charge in [-0.15, -0.1) is 0 Å². The number of aromatic nitrogens is 1. The van der Waals surface area contributed by atoms with Gasteiger partial charge in [-0.2, -0.15) is 0 Å². The third-order valence-corrected chi connectivity index (χ3v) is 3.67. The zero-order chi connectivity index (χ0) is 13.1. The van der Waals surface area contributed by atoms with Gasteiger partial charge in [0.1, 0.15) is 0 Å². The smallest absolute Gasteiger partial charge is 0.0963 e. The van der Waals surface area contributed by atoms with Gasteiger partial charge in [-0.1, -0.05) is 0 Å². The van der Waals surface area contributed by atoms with Crippen LogP contribution in [0.25, 0.3) is 0 Å². The molecular formula is C14H22N2O2. The van der Waals surface area contributed by atoms with Crippen LogP contribution >= 0.6 is 0 Å². The number of hydrogen-bond donors (Lipinski definition) is 2. The summed E-state index contributed by atoms with van der Waals surface area (Å²) in [6, 6.07) is 1.96. The number of nitrogens with zero attached hydrogens (tertiary/aromatic N) is 2. The van der Waals surface area contributed by atoms with Crippen molar-refractivity contribution in [3.8, 4) is 0 Å². The first-order valence-electron chi connectivity index (χ1n) is 6.77. The van der Waals surface area contributed by atoms with Crippen LogP contribution in [0.4, 0.5) is 5.69 Å². The van der Waals surface area contributed by atoms with Crippen molar-refractivity contribution in [3.05, 3.63) is 23.0 Å². The average molecular weight is 250 g/mol. The highest BCUT2D eigenvalue weighted by Crippen LogP contribution is 2.35. The third kappa shape index (κ3) is 2.35. The Morgan fingerprint density at radius 3 is 2.72 bits per heavy atom. The molecule has 1 atom stereocenters. The van der Waals surface area contributed by atoms with Crippen molar-refractivity contribution < 1.29 is 10.2 Å². The van der Waals surface area contributed by atoms with E-state index in [1.807, 2.05) is 6.07 Å². The zero-order valence-electron chi connectivity index (χ0n) is 11.2. The van der Waals surface area contributed by atoms with Gasteiger partial charge in [0, 0.05) is 18.8 Å². The fraction of sp³-hybridized carbons (Fsp3) is 0.643. The van der Waals surface area contributed by atoms with Gasteiger partial charge < -0.3 is 15.1 Å². The molecule has 0 amide bonds. The fourth-order valence-electron chi connectivity index (χ4n) is 2.70. The Morgan fingerprint density at radius 1 is 1.39 bits per heavy atom. The highest BCUT2D eigenvalue weighted by Gasteiger charge is 2.24. The molecule has 2 N–H and O–H groups in total. The molecule has 0 radical (unpaired) electrons. The van der Waals surface area contributed by atoms with Crippen LogP contribution in [0, 0.1) is 0 Å². The maximum Gasteiger partial charge on any atom is 0.0963 e. The fourth-order valence-corrected chi connectivity index (χ4v) is 2.70. The van der Waals surface area contributed by atoms with E-state index >= 15 is 0 Å². The number of aliphatic hydroxyl groups excluding tert-OH is 2. The van der Waals surface area contributed by atoms with Crippen LogP contribution in [0.3, 0.4) is 0 Å². The summed E-state index contributed by atoms with van der Waals surface area (Å²) in [5, 5.41) is 19.4. The van der Waals surface area contributed by atoms with Crippen molar-refractivity contribution >= 4 is 5.69 Å². The van der Waals surface area contributed by atoms with E-state index in [0.717, 1.165) is 49.3 Å². The van der Waals surface area contributed by atoms with E-state index in [9.17, 15) is 10.2 Å². The highest BCUT2D eigenvalue weighted by atomic mass is 16.3. The monoisotopic (exact) mass is 250 g/mol.